The van der Waals surface area contributed by atoms with Crippen molar-refractivity contribution < 1.29 is 0 Å². The van der Waals surface area contributed by atoms with Gasteiger partial charge in [-0.25, -0.2) is 15.0 Å². The quantitative estimate of drug-likeness (QED) is 0.162. The molecule has 0 aliphatic rings. The van der Waals surface area contributed by atoms with Crippen molar-refractivity contribution in [3.63, 3.8) is 0 Å². The van der Waals surface area contributed by atoms with Crippen LogP contribution in [0.1, 0.15) is 0 Å². The van der Waals surface area contributed by atoms with Crippen LogP contribution in [0.5, 0.6) is 0 Å². The van der Waals surface area contributed by atoms with Gasteiger partial charge in [0.1, 0.15) is 0 Å². The van der Waals surface area contributed by atoms with Crippen LogP contribution in [0.3, 0.4) is 0 Å². The van der Waals surface area contributed by atoms with E-state index in [0.29, 0.717) is 17.5 Å². The Morgan fingerprint density at radius 3 is 1.24 bits per heavy atom. The van der Waals surface area contributed by atoms with E-state index in [0.717, 1.165) is 50.2 Å². The van der Waals surface area contributed by atoms with E-state index in [1.807, 2.05) is 36.4 Å². The van der Waals surface area contributed by atoms with Crippen molar-refractivity contribution in [2.45, 2.75) is 0 Å². The summed E-state index contributed by atoms with van der Waals surface area (Å²) in [6, 6.07) is 79.4. The monoisotopic (exact) mass is 791 g/mol. The lowest BCUT2D eigenvalue weighted by Crippen LogP contribution is -2.02. The van der Waals surface area contributed by atoms with Crippen LogP contribution in [0.4, 0.5) is 0 Å². The smallest absolute Gasteiger partial charge is 0.164 e. The van der Waals surface area contributed by atoms with Gasteiger partial charge in [0, 0.05) is 49.6 Å². The normalized spacial score (nSPS) is 11.5. The van der Waals surface area contributed by atoms with Crippen LogP contribution < -0.4 is 0 Å². The van der Waals surface area contributed by atoms with Crippen LogP contribution in [0.15, 0.2) is 224 Å². The highest BCUT2D eigenvalue weighted by Gasteiger charge is 2.21. The highest BCUT2D eigenvalue weighted by atomic mass is 15.0. The molecule has 12 aromatic rings. The minimum atomic E-state index is 0.611. The molecule has 0 unspecified atom stereocenters. The molecule has 0 atom stereocenters. The van der Waals surface area contributed by atoms with Crippen molar-refractivity contribution in [3.05, 3.63) is 224 Å². The molecule has 3 heterocycles. The van der Waals surface area contributed by atoms with Crippen molar-refractivity contribution in [1.82, 2.24) is 24.1 Å². The molecule has 9 aromatic carbocycles. The van der Waals surface area contributed by atoms with Crippen molar-refractivity contribution in [2.75, 3.05) is 0 Å². The van der Waals surface area contributed by atoms with Crippen molar-refractivity contribution >= 4 is 43.6 Å². The highest BCUT2D eigenvalue weighted by Crippen LogP contribution is 2.40. The first-order valence-corrected chi connectivity index (χ1v) is 20.9. The number of hydrogen-bond acceptors (Lipinski definition) is 3. The zero-order valence-electron chi connectivity index (χ0n) is 33.6. The predicted octanol–water partition coefficient (Wildman–Crippen LogP) is 14.4. The molecule has 0 saturated carbocycles. The van der Waals surface area contributed by atoms with Crippen LogP contribution in [0, 0.1) is 0 Å². The number of nitrogens with zero attached hydrogens (tertiary/aromatic N) is 5. The Labute approximate surface area is 358 Å². The van der Waals surface area contributed by atoms with Gasteiger partial charge in [-0.3, -0.25) is 0 Å². The van der Waals surface area contributed by atoms with Crippen molar-refractivity contribution in [1.29, 1.82) is 0 Å². The maximum absolute atomic E-state index is 5.23. The number of rotatable bonds is 7. The van der Waals surface area contributed by atoms with E-state index < -0.39 is 0 Å². The molecule has 0 bridgehead atoms. The lowest BCUT2D eigenvalue weighted by atomic mass is 9.98. The zero-order valence-corrected chi connectivity index (χ0v) is 33.6. The van der Waals surface area contributed by atoms with E-state index in [4.69, 9.17) is 15.0 Å². The standard InChI is InChI=1S/C57H37N5/c1-5-17-38(18-6-1)42-29-32-48-46-25-13-16-28-52(46)62(53(48)35-42)44-31-34-49-47-26-14-15-27-51(47)61(54(49)37-44)43-30-33-45(39-19-7-2-8-20-39)50(36-43)57-59-55(40-21-9-3-10-22-40)58-56(60-57)41-23-11-4-12-24-41/h1-37H. The fraction of sp³-hybridized carbons (Fsp3) is 0. The first kappa shape index (κ1) is 35.5. The molecule has 62 heavy (non-hydrogen) atoms. The molecule has 290 valence electrons. The van der Waals surface area contributed by atoms with E-state index in [1.54, 1.807) is 0 Å². The number of fused-ring (bicyclic) bond motifs is 6. The molecule has 0 aliphatic heterocycles. The van der Waals surface area contributed by atoms with Gasteiger partial charge in [-0.15, -0.1) is 0 Å². The lowest BCUT2D eigenvalue weighted by molar-refractivity contribution is 1.07. The molecule has 5 nitrogen and oxygen atoms in total. The molecule has 3 aromatic heterocycles. The van der Waals surface area contributed by atoms with E-state index in [-0.39, 0.29) is 0 Å². The molecular weight excluding hydrogens is 755 g/mol. The molecule has 0 amide bonds. The molecule has 0 saturated heterocycles. The summed E-state index contributed by atoms with van der Waals surface area (Å²) in [6.45, 7) is 0. The van der Waals surface area contributed by atoms with Gasteiger partial charge in [-0.1, -0.05) is 182 Å². The van der Waals surface area contributed by atoms with Crippen LogP contribution in [-0.2, 0) is 0 Å². The second-order valence-corrected chi connectivity index (χ2v) is 15.6. The number of aromatic nitrogens is 5. The first-order valence-electron chi connectivity index (χ1n) is 20.9. The van der Waals surface area contributed by atoms with Crippen LogP contribution in [0.25, 0.3) is 111 Å². The van der Waals surface area contributed by atoms with Crippen LogP contribution in [0.2, 0.25) is 0 Å². The Balaban J connectivity index is 1.11. The fourth-order valence-corrected chi connectivity index (χ4v) is 9.09. The Morgan fingerprint density at radius 1 is 0.242 bits per heavy atom. The number of benzene rings is 9. The van der Waals surface area contributed by atoms with Gasteiger partial charge in [-0.05, 0) is 64.7 Å². The SMILES string of the molecule is c1ccc(-c2ccc3c4ccccc4n(-c4ccc5c6ccccc6n(-c6ccc(-c7ccccc7)c(-c7nc(-c8ccccc8)nc(-c8ccccc8)n7)c6)c5c4)c3c2)cc1. The van der Waals surface area contributed by atoms with Gasteiger partial charge < -0.3 is 9.13 Å². The molecule has 0 radical (unpaired) electrons. The maximum atomic E-state index is 5.23. The van der Waals surface area contributed by atoms with Crippen LogP contribution in [-0.4, -0.2) is 24.1 Å². The second kappa shape index (κ2) is 14.7. The Kier molecular flexibility index (Phi) is 8.42. The van der Waals surface area contributed by atoms with Gasteiger partial charge in [0.05, 0.1) is 22.1 Å². The zero-order chi connectivity index (χ0) is 41.0. The van der Waals surface area contributed by atoms with Crippen LogP contribution >= 0.6 is 0 Å². The molecule has 0 fully saturated rings. The number of hydrogen-bond donors (Lipinski definition) is 0. The summed E-state index contributed by atoms with van der Waals surface area (Å²) in [5.74, 6) is 1.86. The summed E-state index contributed by atoms with van der Waals surface area (Å²) in [5, 5.41) is 4.83. The predicted molar refractivity (Wildman–Crippen MR) is 256 cm³/mol. The minimum absolute atomic E-state index is 0.611. The summed E-state index contributed by atoms with van der Waals surface area (Å²) in [6.07, 6.45) is 0. The summed E-state index contributed by atoms with van der Waals surface area (Å²) in [7, 11) is 0. The van der Waals surface area contributed by atoms with E-state index >= 15 is 0 Å². The third-order valence-corrected chi connectivity index (χ3v) is 12.0. The fourth-order valence-electron chi connectivity index (χ4n) is 9.09. The molecule has 0 aliphatic carbocycles. The van der Waals surface area contributed by atoms with Gasteiger partial charge in [0.15, 0.2) is 17.5 Å². The highest BCUT2D eigenvalue weighted by molar-refractivity contribution is 6.12. The summed E-state index contributed by atoms with van der Waals surface area (Å²) >= 11 is 0. The molecular formula is C57H37N5. The summed E-state index contributed by atoms with van der Waals surface area (Å²) in [5.41, 5.74) is 14.0. The summed E-state index contributed by atoms with van der Waals surface area (Å²) < 4.78 is 4.82. The van der Waals surface area contributed by atoms with Crippen molar-refractivity contribution in [2.24, 2.45) is 0 Å². The third kappa shape index (κ3) is 5.98. The van der Waals surface area contributed by atoms with E-state index in [9.17, 15) is 0 Å². The molecule has 12 rings (SSSR count). The molecule has 5 heteroatoms. The van der Waals surface area contributed by atoms with Gasteiger partial charge in [-0.2, -0.15) is 0 Å². The minimum Gasteiger partial charge on any atom is -0.309 e. The molecule has 0 N–H and O–H groups in total. The first-order chi connectivity index (χ1) is 30.7. The summed E-state index contributed by atoms with van der Waals surface area (Å²) in [4.78, 5) is 15.5. The Morgan fingerprint density at radius 2 is 0.661 bits per heavy atom. The molecule has 0 spiro atoms. The Hall–Kier alpha value is -8.41. The average molecular weight is 792 g/mol. The lowest BCUT2D eigenvalue weighted by Gasteiger charge is -2.16. The van der Waals surface area contributed by atoms with Gasteiger partial charge in [0.25, 0.3) is 0 Å². The van der Waals surface area contributed by atoms with Crippen molar-refractivity contribution in [3.8, 4) is 67.8 Å². The Bertz CT molecular complexity index is 3550. The third-order valence-electron chi connectivity index (χ3n) is 12.0. The van der Waals surface area contributed by atoms with Gasteiger partial charge in [0.2, 0.25) is 0 Å². The topological polar surface area (TPSA) is 48.5 Å². The van der Waals surface area contributed by atoms with Gasteiger partial charge >= 0.3 is 0 Å². The second-order valence-electron chi connectivity index (χ2n) is 15.6. The van der Waals surface area contributed by atoms with E-state index in [2.05, 4.69) is 197 Å². The largest absolute Gasteiger partial charge is 0.309 e. The average Bonchev–Trinajstić information content (AvgIpc) is 3.87. The van der Waals surface area contributed by atoms with E-state index in [1.165, 1.54) is 43.7 Å². The maximum Gasteiger partial charge on any atom is 0.164 e. The number of para-hydroxylation sites is 2.